The number of hydrogen-bond acceptors (Lipinski definition) is 3. The Morgan fingerprint density at radius 2 is 2.22 bits per heavy atom. The van der Waals surface area contributed by atoms with E-state index in [2.05, 4.69) is 21.9 Å². The van der Waals surface area contributed by atoms with Gasteiger partial charge in [-0.05, 0) is 24.6 Å². The van der Waals surface area contributed by atoms with Crippen molar-refractivity contribution in [2.24, 2.45) is 10.7 Å². The van der Waals surface area contributed by atoms with Crippen molar-refractivity contribution in [2.45, 2.75) is 13.5 Å². The van der Waals surface area contributed by atoms with Crippen LogP contribution >= 0.6 is 0 Å². The number of aliphatic imine (C=N–C) groups is 1. The third kappa shape index (κ3) is 5.78. The highest BCUT2D eigenvalue weighted by Gasteiger charge is 2.01. The summed E-state index contributed by atoms with van der Waals surface area (Å²) in [5.74, 6) is 0.785. The van der Waals surface area contributed by atoms with Crippen LogP contribution in [0.3, 0.4) is 0 Å². The summed E-state index contributed by atoms with van der Waals surface area (Å²) in [6.07, 6.45) is 1.64. The second kappa shape index (κ2) is 7.93. The molecule has 0 amide bonds. The van der Waals surface area contributed by atoms with Gasteiger partial charge in [-0.25, -0.2) is 14.4 Å². The van der Waals surface area contributed by atoms with Crippen molar-refractivity contribution in [3.63, 3.8) is 0 Å². The minimum Gasteiger partial charge on any atom is -0.439 e. The molecule has 0 spiro atoms. The number of benzene rings is 1. The van der Waals surface area contributed by atoms with Crippen LogP contribution in [0.2, 0.25) is 0 Å². The van der Waals surface area contributed by atoms with Gasteiger partial charge in [-0.2, -0.15) is 0 Å². The summed E-state index contributed by atoms with van der Waals surface area (Å²) in [5, 5.41) is 2.95. The molecule has 0 bridgehead atoms. The zero-order chi connectivity index (χ0) is 16.7. The number of rotatable bonds is 6. The zero-order valence-corrected chi connectivity index (χ0v) is 12.9. The van der Waals surface area contributed by atoms with Crippen molar-refractivity contribution in [3.8, 4) is 11.6 Å². The number of pyridine rings is 1. The quantitative estimate of drug-likeness (QED) is 0.488. The normalized spacial score (nSPS) is 11.1. The number of nitrogens with two attached hydrogens (primary N) is 1. The van der Waals surface area contributed by atoms with Crippen LogP contribution < -0.4 is 15.8 Å². The number of aromatic nitrogens is 1. The molecule has 0 atom stereocenters. The Kier molecular flexibility index (Phi) is 5.68. The van der Waals surface area contributed by atoms with Gasteiger partial charge in [-0.15, -0.1) is 0 Å². The molecule has 2 aromatic rings. The standard InChI is InChI=1S/C17H19FN4O/c1-12(2)9-21-17(19)22-11-13-6-7-16(20-10-13)23-15-5-3-4-14(18)8-15/h3-8,10H,1,9,11H2,2H3,(H3,19,21,22). The van der Waals surface area contributed by atoms with E-state index in [1.807, 2.05) is 13.0 Å². The van der Waals surface area contributed by atoms with E-state index >= 15 is 0 Å². The third-order valence-corrected chi connectivity index (χ3v) is 2.82. The summed E-state index contributed by atoms with van der Waals surface area (Å²) in [7, 11) is 0. The van der Waals surface area contributed by atoms with Crippen LogP contribution in [0.4, 0.5) is 4.39 Å². The van der Waals surface area contributed by atoms with E-state index in [0.29, 0.717) is 30.7 Å². The van der Waals surface area contributed by atoms with Crippen LogP contribution in [0.1, 0.15) is 12.5 Å². The zero-order valence-electron chi connectivity index (χ0n) is 12.9. The molecule has 0 saturated carbocycles. The summed E-state index contributed by atoms with van der Waals surface area (Å²) >= 11 is 0. The first-order chi connectivity index (χ1) is 11.0. The number of nitrogens with one attached hydrogen (secondary N) is 1. The molecule has 0 fully saturated rings. The van der Waals surface area contributed by atoms with Crippen LogP contribution in [0.5, 0.6) is 11.6 Å². The van der Waals surface area contributed by atoms with E-state index in [1.165, 1.54) is 12.1 Å². The lowest BCUT2D eigenvalue weighted by Gasteiger charge is -2.06. The molecule has 2 rings (SSSR count). The SMILES string of the molecule is C=C(C)CNC(N)=NCc1ccc(Oc2cccc(F)c2)nc1. The maximum Gasteiger partial charge on any atom is 0.219 e. The Balaban J connectivity index is 1.91. The molecule has 5 nitrogen and oxygen atoms in total. The molecule has 23 heavy (non-hydrogen) atoms. The molecule has 0 aliphatic heterocycles. The Morgan fingerprint density at radius 1 is 1.39 bits per heavy atom. The van der Waals surface area contributed by atoms with E-state index in [-0.39, 0.29) is 5.82 Å². The van der Waals surface area contributed by atoms with E-state index < -0.39 is 0 Å². The maximum absolute atomic E-state index is 13.1. The topological polar surface area (TPSA) is 72.5 Å². The van der Waals surface area contributed by atoms with Gasteiger partial charge >= 0.3 is 0 Å². The average molecular weight is 314 g/mol. The summed E-state index contributed by atoms with van der Waals surface area (Å²) in [6, 6.07) is 9.43. The molecule has 0 radical (unpaired) electrons. The Bertz CT molecular complexity index is 698. The smallest absolute Gasteiger partial charge is 0.219 e. The molecular weight excluding hydrogens is 295 g/mol. The fourth-order valence-electron chi connectivity index (χ4n) is 1.69. The van der Waals surface area contributed by atoms with Crippen molar-refractivity contribution in [2.75, 3.05) is 6.54 Å². The Labute approximate surface area is 134 Å². The maximum atomic E-state index is 13.1. The Hall–Kier alpha value is -2.89. The molecule has 1 aromatic carbocycles. The lowest BCUT2D eigenvalue weighted by atomic mass is 10.3. The van der Waals surface area contributed by atoms with Gasteiger partial charge in [0.15, 0.2) is 5.96 Å². The number of hydrogen-bond donors (Lipinski definition) is 2. The lowest BCUT2D eigenvalue weighted by Crippen LogP contribution is -2.32. The van der Waals surface area contributed by atoms with Gasteiger partial charge in [0.05, 0.1) is 6.54 Å². The molecule has 6 heteroatoms. The third-order valence-electron chi connectivity index (χ3n) is 2.82. The van der Waals surface area contributed by atoms with Crippen molar-refractivity contribution < 1.29 is 9.13 Å². The number of guanidine groups is 1. The number of nitrogens with zero attached hydrogens (tertiary/aromatic N) is 2. The Morgan fingerprint density at radius 3 is 2.87 bits per heavy atom. The number of halogens is 1. The molecule has 1 aromatic heterocycles. The first-order valence-corrected chi connectivity index (χ1v) is 7.09. The molecule has 0 aliphatic rings. The van der Waals surface area contributed by atoms with E-state index in [1.54, 1.807) is 24.4 Å². The molecule has 3 N–H and O–H groups in total. The van der Waals surface area contributed by atoms with E-state index in [0.717, 1.165) is 11.1 Å². The van der Waals surface area contributed by atoms with Gasteiger partial charge in [0.2, 0.25) is 5.88 Å². The summed E-state index contributed by atoms with van der Waals surface area (Å²) in [6.45, 7) is 6.68. The summed E-state index contributed by atoms with van der Waals surface area (Å²) in [5.41, 5.74) is 7.59. The van der Waals surface area contributed by atoms with Gasteiger partial charge < -0.3 is 15.8 Å². The molecule has 0 saturated heterocycles. The fraction of sp³-hybridized carbons (Fsp3) is 0.176. The predicted octanol–water partition coefficient (Wildman–Crippen LogP) is 2.99. The largest absolute Gasteiger partial charge is 0.439 e. The van der Waals surface area contributed by atoms with Crippen LogP contribution in [-0.4, -0.2) is 17.5 Å². The van der Waals surface area contributed by atoms with Gasteiger partial charge in [0.25, 0.3) is 0 Å². The van der Waals surface area contributed by atoms with Crippen molar-refractivity contribution in [1.29, 1.82) is 0 Å². The minimum atomic E-state index is -0.355. The monoisotopic (exact) mass is 314 g/mol. The lowest BCUT2D eigenvalue weighted by molar-refractivity contribution is 0.457. The van der Waals surface area contributed by atoms with Crippen LogP contribution in [0.15, 0.2) is 59.7 Å². The first kappa shape index (κ1) is 16.5. The number of ether oxygens (including phenoxy) is 1. The van der Waals surface area contributed by atoms with Gasteiger partial charge in [-0.3, -0.25) is 0 Å². The summed E-state index contributed by atoms with van der Waals surface area (Å²) in [4.78, 5) is 8.37. The fourth-order valence-corrected chi connectivity index (χ4v) is 1.69. The average Bonchev–Trinajstić information content (AvgIpc) is 2.52. The second-order valence-electron chi connectivity index (χ2n) is 5.08. The van der Waals surface area contributed by atoms with Crippen LogP contribution in [0.25, 0.3) is 0 Å². The molecule has 120 valence electrons. The highest BCUT2D eigenvalue weighted by molar-refractivity contribution is 5.78. The highest BCUT2D eigenvalue weighted by atomic mass is 19.1. The van der Waals surface area contributed by atoms with Crippen LogP contribution in [0, 0.1) is 5.82 Å². The van der Waals surface area contributed by atoms with Crippen molar-refractivity contribution in [3.05, 3.63) is 66.1 Å². The van der Waals surface area contributed by atoms with Gasteiger partial charge in [0, 0.05) is 24.9 Å². The predicted molar refractivity (Wildman–Crippen MR) is 88.9 cm³/mol. The van der Waals surface area contributed by atoms with Crippen molar-refractivity contribution in [1.82, 2.24) is 10.3 Å². The molecule has 0 unspecified atom stereocenters. The van der Waals surface area contributed by atoms with Crippen molar-refractivity contribution >= 4 is 5.96 Å². The molecule has 0 aliphatic carbocycles. The van der Waals surface area contributed by atoms with Gasteiger partial charge in [0.1, 0.15) is 11.6 Å². The first-order valence-electron chi connectivity index (χ1n) is 7.09. The molecule has 1 heterocycles. The van der Waals surface area contributed by atoms with E-state index in [4.69, 9.17) is 10.5 Å². The minimum absolute atomic E-state index is 0.355. The highest BCUT2D eigenvalue weighted by Crippen LogP contribution is 2.20. The van der Waals surface area contributed by atoms with Gasteiger partial charge in [-0.1, -0.05) is 24.3 Å². The van der Waals surface area contributed by atoms with Crippen LogP contribution in [-0.2, 0) is 6.54 Å². The molecular formula is C17H19FN4O. The van der Waals surface area contributed by atoms with E-state index in [9.17, 15) is 4.39 Å². The second-order valence-corrected chi connectivity index (χ2v) is 5.08. The summed E-state index contributed by atoms with van der Waals surface area (Å²) < 4.78 is 18.6.